The summed E-state index contributed by atoms with van der Waals surface area (Å²) in [6.07, 6.45) is 2.49. The van der Waals surface area contributed by atoms with E-state index in [1.54, 1.807) is 35.2 Å². The third-order valence-electron chi connectivity index (χ3n) is 5.11. The standard InChI is InChI=1S/C20H20FN5O2/c21-15-3-1-13(2-4-15)11-14-7-9-26(10-8-14)20(28)19(27)22-16-5-6-17-18(12-16)24-25-23-17/h1-6,12,14H,7-11H2,(H,22,27)(H,23,24,25). The Morgan fingerprint density at radius 1 is 1.07 bits per heavy atom. The predicted octanol–water partition coefficient (Wildman–Crippen LogP) is 2.52. The van der Waals surface area contributed by atoms with Crippen LogP contribution in [0.2, 0.25) is 0 Å². The van der Waals surface area contributed by atoms with Crippen LogP contribution in [-0.4, -0.2) is 45.2 Å². The number of benzene rings is 2. The van der Waals surface area contributed by atoms with Gasteiger partial charge in [-0.25, -0.2) is 4.39 Å². The van der Waals surface area contributed by atoms with Crippen molar-refractivity contribution < 1.29 is 14.0 Å². The predicted molar refractivity (Wildman–Crippen MR) is 102 cm³/mol. The molecule has 144 valence electrons. The van der Waals surface area contributed by atoms with Crippen LogP contribution < -0.4 is 5.32 Å². The molecule has 1 aromatic heterocycles. The maximum atomic E-state index is 13.0. The van der Waals surface area contributed by atoms with Crippen LogP contribution in [-0.2, 0) is 16.0 Å². The van der Waals surface area contributed by atoms with Crippen LogP contribution in [0.1, 0.15) is 18.4 Å². The first kappa shape index (κ1) is 18.1. The molecule has 0 bridgehead atoms. The van der Waals surface area contributed by atoms with Gasteiger partial charge in [0, 0.05) is 18.8 Å². The number of H-pyrrole nitrogens is 1. The van der Waals surface area contributed by atoms with Crippen LogP contribution in [0.3, 0.4) is 0 Å². The van der Waals surface area contributed by atoms with E-state index in [-0.39, 0.29) is 5.82 Å². The van der Waals surface area contributed by atoms with E-state index >= 15 is 0 Å². The molecule has 0 spiro atoms. The zero-order valence-corrected chi connectivity index (χ0v) is 15.2. The van der Waals surface area contributed by atoms with E-state index in [2.05, 4.69) is 20.7 Å². The maximum absolute atomic E-state index is 13.0. The lowest BCUT2D eigenvalue weighted by Crippen LogP contribution is -2.44. The average molecular weight is 381 g/mol. The Morgan fingerprint density at radius 2 is 1.79 bits per heavy atom. The summed E-state index contributed by atoms with van der Waals surface area (Å²) in [5, 5.41) is 13.1. The highest BCUT2D eigenvalue weighted by molar-refractivity contribution is 6.39. The molecule has 1 aliphatic rings. The Bertz CT molecular complexity index is 993. The van der Waals surface area contributed by atoms with Crippen molar-refractivity contribution in [1.29, 1.82) is 0 Å². The topological polar surface area (TPSA) is 91.0 Å². The molecule has 1 saturated heterocycles. The minimum absolute atomic E-state index is 0.238. The minimum Gasteiger partial charge on any atom is -0.334 e. The molecule has 4 rings (SSSR count). The highest BCUT2D eigenvalue weighted by Crippen LogP contribution is 2.22. The van der Waals surface area contributed by atoms with Gasteiger partial charge in [0.2, 0.25) is 0 Å². The second-order valence-electron chi connectivity index (χ2n) is 7.05. The van der Waals surface area contributed by atoms with Gasteiger partial charge in [-0.1, -0.05) is 12.1 Å². The molecule has 3 aromatic rings. The van der Waals surface area contributed by atoms with E-state index in [0.29, 0.717) is 35.7 Å². The largest absolute Gasteiger partial charge is 0.334 e. The number of amides is 2. The van der Waals surface area contributed by atoms with Crippen molar-refractivity contribution >= 4 is 28.5 Å². The number of hydrogen-bond donors (Lipinski definition) is 2. The maximum Gasteiger partial charge on any atom is 0.313 e. The minimum atomic E-state index is -0.653. The summed E-state index contributed by atoms with van der Waals surface area (Å²) >= 11 is 0. The molecule has 2 amide bonds. The van der Waals surface area contributed by atoms with Gasteiger partial charge in [0.1, 0.15) is 16.9 Å². The van der Waals surface area contributed by atoms with Crippen LogP contribution in [0.25, 0.3) is 11.0 Å². The molecule has 1 aliphatic heterocycles. The smallest absolute Gasteiger partial charge is 0.313 e. The van der Waals surface area contributed by atoms with Crippen LogP contribution in [0.5, 0.6) is 0 Å². The summed E-state index contributed by atoms with van der Waals surface area (Å²) < 4.78 is 13.0. The number of aromatic amines is 1. The Labute approximate surface area is 160 Å². The number of carbonyl (C=O) groups is 2. The number of carbonyl (C=O) groups excluding carboxylic acids is 2. The first-order chi connectivity index (χ1) is 13.6. The summed E-state index contributed by atoms with van der Waals surface area (Å²) in [4.78, 5) is 26.4. The zero-order valence-electron chi connectivity index (χ0n) is 15.2. The third kappa shape index (κ3) is 4.00. The van der Waals surface area contributed by atoms with Crippen molar-refractivity contribution in [3.63, 3.8) is 0 Å². The number of anilines is 1. The number of fused-ring (bicyclic) bond motifs is 1. The fraction of sp³-hybridized carbons (Fsp3) is 0.300. The number of piperidine rings is 1. The Hall–Kier alpha value is -3.29. The highest BCUT2D eigenvalue weighted by atomic mass is 19.1. The van der Waals surface area contributed by atoms with Crippen molar-refractivity contribution in [3.05, 3.63) is 53.8 Å². The molecular formula is C20H20FN5O2. The molecule has 28 heavy (non-hydrogen) atoms. The second kappa shape index (κ2) is 7.75. The van der Waals surface area contributed by atoms with Crippen molar-refractivity contribution in [2.24, 2.45) is 5.92 Å². The van der Waals surface area contributed by atoms with Gasteiger partial charge in [-0.05, 0) is 61.1 Å². The molecule has 7 nitrogen and oxygen atoms in total. The van der Waals surface area contributed by atoms with Crippen LogP contribution >= 0.6 is 0 Å². The van der Waals surface area contributed by atoms with Gasteiger partial charge in [0.25, 0.3) is 0 Å². The van der Waals surface area contributed by atoms with E-state index in [4.69, 9.17) is 0 Å². The summed E-state index contributed by atoms with van der Waals surface area (Å²) in [5.74, 6) is -0.995. The van der Waals surface area contributed by atoms with Crippen molar-refractivity contribution in [2.75, 3.05) is 18.4 Å². The van der Waals surface area contributed by atoms with Crippen molar-refractivity contribution in [3.8, 4) is 0 Å². The summed E-state index contributed by atoms with van der Waals surface area (Å²) in [6, 6.07) is 11.6. The number of nitrogens with zero attached hydrogens (tertiary/aromatic N) is 3. The summed E-state index contributed by atoms with van der Waals surface area (Å²) in [7, 11) is 0. The van der Waals surface area contributed by atoms with Crippen LogP contribution in [0.15, 0.2) is 42.5 Å². The molecule has 0 radical (unpaired) electrons. The van der Waals surface area contributed by atoms with E-state index < -0.39 is 11.8 Å². The van der Waals surface area contributed by atoms with Crippen LogP contribution in [0.4, 0.5) is 10.1 Å². The molecule has 0 unspecified atom stereocenters. The summed E-state index contributed by atoms with van der Waals surface area (Å²) in [6.45, 7) is 1.08. The van der Waals surface area contributed by atoms with Crippen molar-refractivity contribution in [1.82, 2.24) is 20.3 Å². The lowest BCUT2D eigenvalue weighted by atomic mass is 9.90. The molecule has 8 heteroatoms. The normalized spacial score (nSPS) is 15.0. The first-order valence-electron chi connectivity index (χ1n) is 9.24. The van der Waals surface area contributed by atoms with Gasteiger partial charge in [0.15, 0.2) is 0 Å². The van der Waals surface area contributed by atoms with E-state index in [1.165, 1.54) is 12.1 Å². The van der Waals surface area contributed by atoms with Gasteiger partial charge in [-0.15, -0.1) is 0 Å². The van der Waals surface area contributed by atoms with Gasteiger partial charge >= 0.3 is 11.8 Å². The van der Waals surface area contributed by atoms with E-state index in [9.17, 15) is 14.0 Å². The number of nitrogens with one attached hydrogen (secondary N) is 2. The van der Waals surface area contributed by atoms with Gasteiger partial charge < -0.3 is 10.2 Å². The highest BCUT2D eigenvalue weighted by Gasteiger charge is 2.27. The number of hydrogen-bond acceptors (Lipinski definition) is 4. The van der Waals surface area contributed by atoms with Crippen LogP contribution in [0, 0.1) is 11.7 Å². The Kier molecular flexibility index (Phi) is 5.01. The Morgan fingerprint density at radius 3 is 2.54 bits per heavy atom. The quantitative estimate of drug-likeness (QED) is 0.682. The monoisotopic (exact) mass is 381 g/mol. The van der Waals surface area contributed by atoms with Gasteiger partial charge in [-0.2, -0.15) is 15.4 Å². The number of halogens is 1. The number of aromatic nitrogens is 3. The molecular weight excluding hydrogens is 361 g/mol. The zero-order chi connectivity index (χ0) is 19.5. The average Bonchev–Trinajstić information content (AvgIpc) is 3.17. The lowest BCUT2D eigenvalue weighted by molar-refractivity contribution is -0.144. The molecule has 0 atom stereocenters. The second-order valence-corrected chi connectivity index (χ2v) is 7.05. The van der Waals surface area contributed by atoms with Gasteiger partial charge in [0.05, 0.1) is 0 Å². The fourth-order valence-electron chi connectivity index (χ4n) is 3.54. The molecule has 2 aromatic carbocycles. The molecule has 1 fully saturated rings. The number of likely N-dealkylation sites (tertiary alicyclic amines) is 1. The molecule has 0 aliphatic carbocycles. The Balaban J connectivity index is 1.30. The van der Waals surface area contributed by atoms with Gasteiger partial charge in [-0.3, -0.25) is 9.59 Å². The van der Waals surface area contributed by atoms with E-state index in [0.717, 1.165) is 24.8 Å². The summed E-state index contributed by atoms with van der Waals surface area (Å²) in [5.41, 5.74) is 2.90. The molecule has 2 N–H and O–H groups in total. The van der Waals surface area contributed by atoms with E-state index in [1.807, 2.05) is 0 Å². The first-order valence-corrected chi connectivity index (χ1v) is 9.24. The molecule has 0 saturated carbocycles. The third-order valence-corrected chi connectivity index (χ3v) is 5.11. The van der Waals surface area contributed by atoms with Crippen molar-refractivity contribution in [2.45, 2.75) is 19.3 Å². The number of rotatable bonds is 3. The SMILES string of the molecule is O=C(Nc1ccc2n[nH]nc2c1)C(=O)N1CCC(Cc2ccc(F)cc2)CC1. The lowest BCUT2D eigenvalue weighted by Gasteiger charge is -2.31. The fourth-order valence-corrected chi connectivity index (χ4v) is 3.54. The molecule has 2 heterocycles.